The van der Waals surface area contributed by atoms with E-state index in [1.165, 1.54) is 0 Å². The van der Waals surface area contributed by atoms with E-state index in [2.05, 4.69) is 21.2 Å². The van der Waals surface area contributed by atoms with Crippen LogP contribution >= 0.6 is 15.9 Å². The molecule has 0 radical (unpaired) electrons. The Balaban J connectivity index is 2.81. The number of aliphatic hydroxyl groups excluding tert-OH is 1. The predicted molar refractivity (Wildman–Crippen MR) is 62.2 cm³/mol. The molecule has 4 N–H and O–H groups in total. The van der Waals surface area contributed by atoms with Gasteiger partial charge in [-0.25, -0.2) is 0 Å². The first kappa shape index (κ1) is 11.5. The lowest BCUT2D eigenvalue weighted by atomic mass is 10.2. The van der Waals surface area contributed by atoms with Gasteiger partial charge in [0.15, 0.2) is 0 Å². The number of hydrogen-bond acceptors (Lipinski definition) is 3. The van der Waals surface area contributed by atoms with Gasteiger partial charge in [0.1, 0.15) is 0 Å². The third-order valence-electron chi connectivity index (χ3n) is 1.88. The topological polar surface area (TPSA) is 58.3 Å². The van der Waals surface area contributed by atoms with E-state index in [9.17, 15) is 0 Å². The van der Waals surface area contributed by atoms with E-state index in [1.54, 1.807) is 0 Å². The van der Waals surface area contributed by atoms with Gasteiger partial charge in [-0.15, -0.1) is 0 Å². The lowest BCUT2D eigenvalue weighted by Crippen LogP contribution is -2.19. The standard InChI is InChI=1S/C10H15BrN2O/c1-7(6-14)13-10-3-8(5-12)2-9(11)4-10/h2-4,7,13-14H,5-6,12H2,1H3. The highest BCUT2D eigenvalue weighted by Crippen LogP contribution is 2.19. The Labute approximate surface area is 92.4 Å². The number of halogens is 1. The van der Waals surface area contributed by atoms with Crippen molar-refractivity contribution in [3.8, 4) is 0 Å². The van der Waals surface area contributed by atoms with E-state index in [0.717, 1.165) is 15.7 Å². The van der Waals surface area contributed by atoms with Crippen LogP contribution in [0, 0.1) is 0 Å². The van der Waals surface area contributed by atoms with E-state index in [-0.39, 0.29) is 12.6 Å². The smallest absolute Gasteiger partial charge is 0.0630 e. The molecule has 1 aromatic carbocycles. The normalized spacial score (nSPS) is 12.6. The van der Waals surface area contributed by atoms with Crippen LogP contribution in [0.25, 0.3) is 0 Å². The molecule has 0 aromatic heterocycles. The van der Waals surface area contributed by atoms with Crippen LogP contribution in [-0.4, -0.2) is 17.8 Å². The number of anilines is 1. The van der Waals surface area contributed by atoms with Crippen LogP contribution in [0.4, 0.5) is 5.69 Å². The number of rotatable bonds is 4. The maximum atomic E-state index is 8.89. The zero-order valence-corrected chi connectivity index (χ0v) is 9.71. The Hall–Kier alpha value is -0.580. The van der Waals surface area contributed by atoms with Gasteiger partial charge < -0.3 is 16.2 Å². The van der Waals surface area contributed by atoms with Gasteiger partial charge in [0.2, 0.25) is 0 Å². The number of aliphatic hydroxyl groups is 1. The summed E-state index contributed by atoms with van der Waals surface area (Å²) in [5, 5.41) is 12.1. The lowest BCUT2D eigenvalue weighted by molar-refractivity contribution is 0.281. The zero-order valence-electron chi connectivity index (χ0n) is 8.13. The molecule has 1 unspecified atom stereocenters. The van der Waals surface area contributed by atoms with E-state index in [1.807, 2.05) is 25.1 Å². The highest BCUT2D eigenvalue weighted by atomic mass is 79.9. The van der Waals surface area contributed by atoms with Crippen LogP contribution in [-0.2, 0) is 6.54 Å². The van der Waals surface area contributed by atoms with Crippen LogP contribution in [0.3, 0.4) is 0 Å². The average Bonchev–Trinajstić information content (AvgIpc) is 2.16. The Morgan fingerprint density at radius 1 is 1.50 bits per heavy atom. The highest BCUT2D eigenvalue weighted by Gasteiger charge is 2.02. The molecule has 0 saturated carbocycles. The Kier molecular flexibility index (Phi) is 4.38. The van der Waals surface area contributed by atoms with E-state index in [0.29, 0.717) is 6.54 Å². The molecule has 0 aliphatic carbocycles. The summed E-state index contributed by atoms with van der Waals surface area (Å²) in [6.45, 7) is 2.55. The molecule has 4 heteroatoms. The average molecular weight is 259 g/mol. The summed E-state index contributed by atoms with van der Waals surface area (Å²) in [4.78, 5) is 0. The van der Waals surface area contributed by atoms with Gasteiger partial charge in [0, 0.05) is 22.7 Å². The largest absolute Gasteiger partial charge is 0.394 e. The number of hydrogen-bond donors (Lipinski definition) is 3. The minimum absolute atomic E-state index is 0.0509. The Morgan fingerprint density at radius 3 is 2.79 bits per heavy atom. The fourth-order valence-electron chi connectivity index (χ4n) is 1.18. The second-order valence-corrected chi connectivity index (χ2v) is 4.20. The monoisotopic (exact) mass is 258 g/mol. The lowest BCUT2D eigenvalue weighted by Gasteiger charge is -2.13. The van der Waals surface area contributed by atoms with Crippen LogP contribution in [0.2, 0.25) is 0 Å². The number of benzene rings is 1. The molecule has 0 saturated heterocycles. The summed E-state index contributed by atoms with van der Waals surface area (Å²) in [6, 6.07) is 5.98. The minimum Gasteiger partial charge on any atom is -0.394 e. The third-order valence-corrected chi connectivity index (χ3v) is 2.34. The molecule has 0 heterocycles. The molecule has 3 nitrogen and oxygen atoms in total. The molecule has 1 rings (SSSR count). The molecule has 0 aliphatic heterocycles. The van der Waals surface area contributed by atoms with Crippen molar-refractivity contribution < 1.29 is 5.11 Å². The first-order chi connectivity index (χ1) is 6.65. The van der Waals surface area contributed by atoms with E-state index < -0.39 is 0 Å². The van der Waals surface area contributed by atoms with Crippen LogP contribution in [0.1, 0.15) is 12.5 Å². The second-order valence-electron chi connectivity index (χ2n) is 3.28. The predicted octanol–water partition coefficient (Wildman–Crippen LogP) is 1.70. The van der Waals surface area contributed by atoms with Crippen molar-refractivity contribution in [2.75, 3.05) is 11.9 Å². The molecule has 0 bridgehead atoms. The first-order valence-electron chi connectivity index (χ1n) is 4.52. The molecule has 0 aliphatic rings. The van der Waals surface area contributed by atoms with Crippen molar-refractivity contribution >= 4 is 21.6 Å². The highest BCUT2D eigenvalue weighted by molar-refractivity contribution is 9.10. The zero-order chi connectivity index (χ0) is 10.6. The molecule has 1 atom stereocenters. The molecule has 78 valence electrons. The van der Waals surface area contributed by atoms with E-state index >= 15 is 0 Å². The van der Waals surface area contributed by atoms with Crippen LogP contribution in [0.5, 0.6) is 0 Å². The first-order valence-corrected chi connectivity index (χ1v) is 5.32. The van der Waals surface area contributed by atoms with Crippen molar-refractivity contribution in [1.29, 1.82) is 0 Å². The van der Waals surface area contributed by atoms with Crippen LogP contribution in [0.15, 0.2) is 22.7 Å². The van der Waals surface area contributed by atoms with Gasteiger partial charge in [-0.3, -0.25) is 0 Å². The summed E-state index contributed by atoms with van der Waals surface area (Å²) >= 11 is 3.41. The summed E-state index contributed by atoms with van der Waals surface area (Å²) in [6.07, 6.45) is 0. The van der Waals surface area contributed by atoms with Crippen molar-refractivity contribution in [2.45, 2.75) is 19.5 Å². The summed E-state index contributed by atoms with van der Waals surface area (Å²) < 4.78 is 0.994. The summed E-state index contributed by atoms with van der Waals surface area (Å²) in [7, 11) is 0. The summed E-state index contributed by atoms with van der Waals surface area (Å²) in [5.74, 6) is 0. The van der Waals surface area contributed by atoms with Gasteiger partial charge in [-0.1, -0.05) is 15.9 Å². The van der Waals surface area contributed by atoms with Crippen molar-refractivity contribution in [1.82, 2.24) is 0 Å². The fraction of sp³-hybridized carbons (Fsp3) is 0.400. The van der Waals surface area contributed by atoms with Gasteiger partial charge in [0.05, 0.1) is 6.61 Å². The molecular weight excluding hydrogens is 244 g/mol. The maximum absolute atomic E-state index is 8.89. The molecular formula is C10H15BrN2O. The van der Waals surface area contributed by atoms with Gasteiger partial charge in [-0.05, 0) is 30.7 Å². The summed E-state index contributed by atoms with van der Waals surface area (Å²) in [5.41, 5.74) is 7.59. The van der Waals surface area contributed by atoms with Crippen molar-refractivity contribution in [3.05, 3.63) is 28.2 Å². The second kappa shape index (κ2) is 5.34. The molecule has 14 heavy (non-hydrogen) atoms. The van der Waals surface area contributed by atoms with Gasteiger partial charge >= 0.3 is 0 Å². The van der Waals surface area contributed by atoms with Gasteiger partial charge in [-0.2, -0.15) is 0 Å². The van der Waals surface area contributed by atoms with E-state index in [4.69, 9.17) is 10.8 Å². The van der Waals surface area contributed by atoms with Crippen LogP contribution < -0.4 is 11.1 Å². The third kappa shape index (κ3) is 3.29. The Morgan fingerprint density at radius 2 is 2.21 bits per heavy atom. The van der Waals surface area contributed by atoms with Crippen molar-refractivity contribution in [3.63, 3.8) is 0 Å². The maximum Gasteiger partial charge on any atom is 0.0630 e. The molecule has 0 spiro atoms. The number of nitrogens with one attached hydrogen (secondary N) is 1. The quantitative estimate of drug-likeness (QED) is 0.771. The SMILES string of the molecule is CC(CO)Nc1cc(Br)cc(CN)c1. The van der Waals surface area contributed by atoms with Gasteiger partial charge in [0.25, 0.3) is 0 Å². The fourth-order valence-corrected chi connectivity index (χ4v) is 1.72. The van der Waals surface area contributed by atoms with Crippen molar-refractivity contribution in [2.24, 2.45) is 5.73 Å². The number of nitrogens with two attached hydrogens (primary N) is 1. The minimum atomic E-state index is 0.0509. The molecule has 1 aromatic rings. The Bertz CT molecular complexity index is 304. The molecule has 0 fully saturated rings. The molecule has 0 amide bonds.